The molecule has 1 aliphatic heterocycles. The van der Waals surface area contributed by atoms with Crippen molar-refractivity contribution in [3.63, 3.8) is 0 Å². The highest BCUT2D eigenvalue weighted by Crippen LogP contribution is 2.14. The van der Waals surface area contributed by atoms with Crippen LogP contribution >= 0.6 is 11.8 Å². The van der Waals surface area contributed by atoms with Crippen LogP contribution in [0.3, 0.4) is 0 Å². The number of thioether (sulfide) groups is 1. The number of nitrogens with one attached hydrogen (secondary N) is 1. The molecule has 1 amide bonds. The molecule has 0 bridgehead atoms. The highest BCUT2D eigenvalue weighted by Gasteiger charge is 2.08. The quantitative estimate of drug-likeness (QED) is 0.465. The SMILES string of the molecule is O=C(CSCCOc1ccccc1)N/C=C/c1ccc(OCCN2CCCCCC2)cc1. The number of carbonyl (C=O) groups excluding carboxylic acids is 1. The van der Waals surface area contributed by atoms with E-state index in [1.807, 2.05) is 60.7 Å². The summed E-state index contributed by atoms with van der Waals surface area (Å²) in [6, 6.07) is 17.7. The first-order valence-corrected chi connectivity index (χ1v) is 12.6. The minimum absolute atomic E-state index is 0.0144. The molecule has 0 atom stereocenters. The molecule has 0 unspecified atom stereocenters. The lowest BCUT2D eigenvalue weighted by Crippen LogP contribution is -2.29. The Balaban J connectivity index is 1.25. The van der Waals surface area contributed by atoms with Crippen LogP contribution in [0.25, 0.3) is 6.08 Å². The Hall–Kier alpha value is -2.44. The number of rotatable bonds is 12. The van der Waals surface area contributed by atoms with Gasteiger partial charge in [0.2, 0.25) is 5.91 Å². The molecule has 172 valence electrons. The van der Waals surface area contributed by atoms with Gasteiger partial charge in [0.05, 0.1) is 12.4 Å². The molecule has 0 aliphatic carbocycles. The van der Waals surface area contributed by atoms with Crippen molar-refractivity contribution in [3.05, 3.63) is 66.4 Å². The molecule has 32 heavy (non-hydrogen) atoms. The van der Waals surface area contributed by atoms with Crippen LogP contribution in [0.2, 0.25) is 0 Å². The molecule has 0 aromatic heterocycles. The molecule has 0 saturated carbocycles. The second-order valence-electron chi connectivity index (χ2n) is 7.79. The van der Waals surface area contributed by atoms with E-state index < -0.39 is 0 Å². The van der Waals surface area contributed by atoms with Gasteiger partial charge < -0.3 is 14.8 Å². The van der Waals surface area contributed by atoms with E-state index >= 15 is 0 Å². The first-order valence-electron chi connectivity index (χ1n) is 11.5. The maximum absolute atomic E-state index is 11.9. The standard InChI is InChI=1S/C26H34N2O3S/c29-26(22-32-21-20-31-24-8-4-3-5-9-24)27-15-14-23-10-12-25(13-11-23)30-19-18-28-16-6-1-2-7-17-28/h3-5,8-15H,1-2,6-7,16-22H2,(H,27,29)/b15-14+. The van der Waals surface area contributed by atoms with E-state index in [0.29, 0.717) is 12.4 Å². The normalized spacial score (nSPS) is 14.8. The molecular weight excluding hydrogens is 420 g/mol. The van der Waals surface area contributed by atoms with E-state index in [4.69, 9.17) is 9.47 Å². The Morgan fingerprint density at radius 2 is 1.59 bits per heavy atom. The van der Waals surface area contributed by atoms with E-state index in [0.717, 1.165) is 36.0 Å². The summed E-state index contributed by atoms with van der Waals surface area (Å²) in [5, 5.41) is 2.81. The molecule has 1 heterocycles. The fourth-order valence-corrected chi connectivity index (χ4v) is 4.11. The van der Waals surface area contributed by atoms with Gasteiger partial charge in [-0.15, -0.1) is 11.8 Å². The van der Waals surface area contributed by atoms with Crippen molar-refractivity contribution >= 4 is 23.7 Å². The second kappa shape index (κ2) is 14.6. The maximum atomic E-state index is 11.9. The third kappa shape index (κ3) is 9.79. The van der Waals surface area contributed by atoms with Gasteiger partial charge in [-0.25, -0.2) is 0 Å². The molecule has 0 spiro atoms. The molecule has 2 aromatic carbocycles. The minimum atomic E-state index is -0.0144. The van der Waals surface area contributed by atoms with Crippen LogP contribution in [0.15, 0.2) is 60.8 Å². The van der Waals surface area contributed by atoms with Crippen molar-refractivity contribution in [1.29, 1.82) is 0 Å². The summed E-state index contributed by atoms with van der Waals surface area (Å²) in [5.74, 6) is 2.90. The number of para-hydroxylation sites is 1. The molecule has 1 aliphatic rings. The summed E-state index contributed by atoms with van der Waals surface area (Å²) in [6.45, 7) is 4.69. The highest BCUT2D eigenvalue weighted by molar-refractivity contribution is 7.99. The summed E-state index contributed by atoms with van der Waals surface area (Å²) < 4.78 is 11.5. The molecule has 2 aromatic rings. The van der Waals surface area contributed by atoms with Crippen LogP contribution in [0, 0.1) is 0 Å². The number of hydrogen-bond donors (Lipinski definition) is 1. The Labute approximate surface area is 196 Å². The van der Waals surface area contributed by atoms with Crippen molar-refractivity contribution in [2.75, 3.05) is 44.4 Å². The number of benzene rings is 2. The Morgan fingerprint density at radius 3 is 2.34 bits per heavy atom. The molecule has 1 fully saturated rings. The van der Waals surface area contributed by atoms with Gasteiger partial charge in [0.25, 0.3) is 0 Å². The van der Waals surface area contributed by atoms with Crippen LogP contribution in [0.5, 0.6) is 11.5 Å². The van der Waals surface area contributed by atoms with Crippen LogP contribution in [-0.4, -0.2) is 55.2 Å². The lowest BCUT2D eigenvalue weighted by molar-refractivity contribution is -0.117. The smallest absolute Gasteiger partial charge is 0.233 e. The largest absolute Gasteiger partial charge is 0.493 e. The lowest BCUT2D eigenvalue weighted by Gasteiger charge is -2.19. The van der Waals surface area contributed by atoms with E-state index in [9.17, 15) is 4.79 Å². The Bertz CT molecular complexity index is 804. The minimum Gasteiger partial charge on any atom is -0.493 e. The zero-order chi connectivity index (χ0) is 22.3. The zero-order valence-corrected chi connectivity index (χ0v) is 19.5. The number of carbonyl (C=O) groups is 1. The predicted octanol–water partition coefficient (Wildman–Crippen LogP) is 4.84. The fourth-order valence-electron chi connectivity index (χ4n) is 3.50. The monoisotopic (exact) mass is 454 g/mol. The van der Waals surface area contributed by atoms with Gasteiger partial charge in [0.15, 0.2) is 0 Å². The molecule has 5 nitrogen and oxygen atoms in total. The van der Waals surface area contributed by atoms with E-state index in [1.165, 1.54) is 38.8 Å². The van der Waals surface area contributed by atoms with E-state index in [2.05, 4.69) is 10.2 Å². The number of likely N-dealkylation sites (tertiary alicyclic amines) is 1. The van der Waals surface area contributed by atoms with Gasteiger partial charge >= 0.3 is 0 Å². The van der Waals surface area contributed by atoms with Crippen molar-refractivity contribution in [3.8, 4) is 11.5 Å². The molecule has 1 saturated heterocycles. The zero-order valence-electron chi connectivity index (χ0n) is 18.7. The topological polar surface area (TPSA) is 50.8 Å². The van der Waals surface area contributed by atoms with Crippen molar-refractivity contribution < 1.29 is 14.3 Å². The van der Waals surface area contributed by atoms with Gasteiger partial charge in [0, 0.05) is 18.5 Å². The van der Waals surface area contributed by atoms with Crippen LogP contribution in [-0.2, 0) is 4.79 Å². The first kappa shape index (κ1) is 24.2. The van der Waals surface area contributed by atoms with Gasteiger partial charge in [-0.1, -0.05) is 43.2 Å². The average molecular weight is 455 g/mol. The van der Waals surface area contributed by atoms with Crippen LogP contribution in [0.1, 0.15) is 31.2 Å². The third-order valence-electron chi connectivity index (χ3n) is 5.25. The van der Waals surface area contributed by atoms with Crippen molar-refractivity contribution in [1.82, 2.24) is 10.2 Å². The molecule has 3 rings (SSSR count). The fraction of sp³-hybridized carbons (Fsp3) is 0.423. The molecule has 0 radical (unpaired) electrons. The predicted molar refractivity (Wildman–Crippen MR) is 133 cm³/mol. The number of amides is 1. The van der Waals surface area contributed by atoms with Crippen molar-refractivity contribution in [2.45, 2.75) is 25.7 Å². The number of ether oxygens (including phenoxy) is 2. The summed E-state index contributed by atoms with van der Waals surface area (Å²) in [5.41, 5.74) is 1.02. The van der Waals surface area contributed by atoms with Gasteiger partial charge in [-0.05, 0) is 61.8 Å². The molecule has 6 heteroatoms. The van der Waals surface area contributed by atoms with Crippen LogP contribution < -0.4 is 14.8 Å². The van der Waals surface area contributed by atoms with Gasteiger partial charge in [-0.2, -0.15) is 0 Å². The lowest BCUT2D eigenvalue weighted by atomic mass is 10.2. The number of hydrogen-bond acceptors (Lipinski definition) is 5. The summed E-state index contributed by atoms with van der Waals surface area (Å²) >= 11 is 1.56. The maximum Gasteiger partial charge on any atom is 0.233 e. The van der Waals surface area contributed by atoms with E-state index in [1.54, 1.807) is 18.0 Å². The second-order valence-corrected chi connectivity index (χ2v) is 8.89. The molecule has 1 N–H and O–H groups in total. The molecular formula is C26H34N2O3S. The Kier molecular flexibility index (Phi) is 11.0. The Morgan fingerprint density at radius 1 is 0.906 bits per heavy atom. The van der Waals surface area contributed by atoms with Crippen LogP contribution in [0.4, 0.5) is 0 Å². The number of nitrogens with zero attached hydrogens (tertiary/aromatic N) is 1. The first-order chi connectivity index (χ1) is 15.8. The summed E-state index contributed by atoms with van der Waals surface area (Å²) in [4.78, 5) is 14.4. The highest BCUT2D eigenvalue weighted by atomic mass is 32.2. The van der Waals surface area contributed by atoms with Gasteiger partial charge in [0.1, 0.15) is 18.1 Å². The summed E-state index contributed by atoms with van der Waals surface area (Å²) in [6.07, 6.45) is 8.91. The summed E-state index contributed by atoms with van der Waals surface area (Å²) in [7, 11) is 0. The third-order valence-corrected chi connectivity index (χ3v) is 6.17. The van der Waals surface area contributed by atoms with Gasteiger partial charge in [-0.3, -0.25) is 9.69 Å². The average Bonchev–Trinajstić information content (AvgIpc) is 3.09. The van der Waals surface area contributed by atoms with Crippen molar-refractivity contribution in [2.24, 2.45) is 0 Å². The van der Waals surface area contributed by atoms with E-state index in [-0.39, 0.29) is 5.91 Å².